The molecule has 8 nitrogen and oxygen atoms in total. The van der Waals surface area contributed by atoms with Gasteiger partial charge < -0.3 is 21.1 Å². The molecular formula is C29H29N5O3. The van der Waals surface area contributed by atoms with E-state index < -0.39 is 17.6 Å². The zero-order chi connectivity index (χ0) is 26.0. The first-order chi connectivity index (χ1) is 17.8. The van der Waals surface area contributed by atoms with Crippen LogP contribution >= 0.6 is 0 Å². The van der Waals surface area contributed by atoms with E-state index in [4.69, 9.17) is 10.5 Å². The first-order valence-electron chi connectivity index (χ1n) is 12.1. The van der Waals surface area contributed by atoms with Gasteiger partial charge in [-0.05, 0) is 58.5 Å². The van der Waals surface area contributed by atoms with Crippen LogP contribution in [0, 0.1) is 0 Å². The number of nitrogens with two attached hydrogens (primary N) is 1. The van der Waals surface area contributed by atoms with Gasteiger partial charge in [0, 0.05) is 34.9 Å². The third-order valence-corrected chi connectivity index (χ3v) is 6.60. The summed E-state index contributed by atoms with van der Waals surface area (Å²) < 4.78 is 5.52. The third-order valence-electron chi connectivity index (χ3n) is 6.60. The van der Waals surface area contributed by atoms with Crippen LogP contribution in [0.4, 0.5) is 22.0 Å². The number of hydrogen-bond donors (Lipinski definition) is 4. The lowest BCUT2D eigenvalue weighted by Gasteiger charge is -2.26. The van der Waals surface area contributed by atoms with Crippen LogP contribution in [0.25, 0.3) is 10.8 Å². The van der Waals surface area contributed by atoms with E-state index in [1.807, 2.05) is 80.6 Å². The van der Waals surface area contributed by atoms with Crippen molar-refractivity contribution in [3.63, 3.8) is 0 Å². The summed E-state index contributed by atoms with van der Waals surface area (Å²) >= 11 is 0. The minimum atomic E-state index is -0.638. The molecule has 37 heavy (non-hydrogen) atoms. The van der Waals surface area contributed by atoms with Crippen LogP contribution in [0.2, 0.25) is 0 Å². The summed E-state index contributed by atoms with van der Waals surface area (Å²) in [5, 5.41) is 11.0. The molecule has 2 aliphatic rings. The van der Waals surface area contributed by atoms with E-state index in [-0.39, 0.29) is 12.5 Å². The Labute approximate surface area is 215 Å². The Hall–Kier alpha value is -4.59. The van der Waals surface area contributed by atoms with E-state index in [0.717, 1.165) is 33.2 Å². The number of ether oxygens (including phenoxy) is 1. The van der Waals surface area contributed by atoms with Crippen molar-refractivity contribution in [2.24, 2.45) is 0 Å². The van der Waals surface area contributed by atoms with E-state index >= 15 is 0 Å². The molecule has 4 bridgehead atoms. The van der Waals surface area contributed by atoms with Crippen LogP contribution in [0.15, 0.2) is 79.0 Å². The first kappa shape index (κ1) is 24.1. The van der Waals surface area contributed by atoms with Crippen molar-refractivity contribution in [1.29, 1.82) is 0 Å². The highest BCUT2D eigenvalue weighted by atomic mass is 16.5. The van der Waals surface area contributed by atoms with Gasteiger partial charge in [-0.25, -0.2) is 9.78 Å². The van der Waals surface area contributed by atoms with Crippen molar-refractivity contribution in [2.45, 2.75) is 31.8 Å². The fourth-order valence-corrected chi connectivity index (χ4v) is 4.42. The molecule has 3 aromatic carbocycles. The number of nitrogen functional groups attached to an aromatic ring is 1. The van der Waals surface area contributed by atoms with Gasteiger partial charge in [0.25, 0.3) is 0 Å². The number of carbonyl (C=O) groups is 2. The highest BCUT2D eigenvalue weighted by Crippen LogP contribution is 2.29. The zero-order valence-electron chi connectivity index (χ0n) is 20.7. The molecule has 0 fully saturated rings. The average Bonchev–Trinajstić information content (AvgIpc) is 2.89. The molecule has 0 spiro atoms. The number of carbonyl (C=O) groups excluding carboxylic acids is 2. The summed E-state index contributed by atoms with van der Waals surface area (Å²) in [6.07, 6.45) is 1.15. The van der Waals surface area contributed by atoms with Gasteiger partial charge in [-0.15, -0.1) is 0 Å². The summed E-state index contributed by atoms with van der Waals surface area (Å²) in [5.41, 5.74) is 9.62. The maximum Gasteiger partial charge on any atom is 0.411 e. The minimum absolute atomic E-state index is 0.175. The fraction of sp³-hybridized carbons (Fsp3) is 0.207. The number of nitrogens with one attached hydrogen (secondary N) is 3. The largest absolute Gasteiger partial charge is 0.448 e. The minimum Gasteiger partial charge on any atom is -0.448 e. The van der Waals surface area contributed by atoms with Crippen molar-refractivity contribution in [3.8, 4) is 0 Å². The highest BCUT2D eigenvalue weighted by Gasteiger charge is 2.26. The first-order valence-corrected chi connectivity index (χ1v) is 12.1. The Morgan fingerprint density at radius 2 is 1.84 bits per heavy atom. The maximum atomic E-state index is 13.5. The quantitative estimate of drug-likeness (QED) is 0.306. The van der Waals surface area contributed by atoms with Crippen LogP contribution < -0.4 is 21.7 Å². The second-order valence-electron chi connectivity index (χ2n) is 9.83. The SMILES string of the molecule is CC1(C)COC(=O)Nc2cccc(c2)CNC(=O)[C@@H](Nc2ccc3c(N)nccc3c2)c2ccc1cc2. The van der Waals surface area contributed by atoms with Crippen LogP contribution in [0.1, 0.15) is 36.6 Å². The Bertz CT molecular complexity index is 1470. The Balaban J connectivity index is 1.50. The molecule has 8 heteroatoms. The topological polar surface area (TPSA) is 118 Å². The predicted molar refractivity (Wildman–Crippen MR) is 145 cm³/mol. The maximum absolute atomic E-state index is 13.5. The van der Waals surface area contributed by atoms with Gasteiger partial charge in [-0.1, -0.05) is 50.2 Å². The van der Waals surface area contributed by atoms with Crippen molar-refractivity contribution in [3.05, 3.63) is 95.7 Å². The normalized spacial score (nSPS) is 17.5. The lowest BCUT2D eigenvalue weighted by Crippen LogP contribution is -2.33. The van der Waals surface area contributed by atoms with Crippen LogP contribution in [-0.2, 0) is 21.5 Å². The van der Waals surface area contributed by atoms with Gasteiger partial charge in [-0.3, -0.25) is 10.1 Å². The Kier molecular flexibility index (Phi) is 6.40. The molecular weight excluding hydrogens is 466 g/mol. The summed E-state index contributed by atoms with van der Waals surface area (Å²) in [4.78, 5) is 30.0. The number of aromatic nitrogens is 1. The molecule has 5 N–H and O–H groups in total. The van der Waals surface area contributed by atoms with Crippen LogP contribution in [-0.4, -0.2) is 23.6 Å². The van der Waals surface area contributed by atoms with Gasteiger partial charge in [0.1, 0.15) is 18.5 Å². The molecule has 1 aromatic heterocycles. The molecule has 3 heterocycles. The molecule has 2 amide bonds. The second kappa shape index (κ2) is 9.81. The number of rotatable bonds is 2. The number of nitrogens with zero attached hydrogens (tertiary/aromatic N) is 1. The summed E-state index contributed by atoms with van der Waals surface area (Å²) in [5.74, 6) is 0.290. The molecule has 6 rings (SSSR count). The van der Waals surface area contributed by atoms with Crippen LogP contribution in [0.3, 0.4) is 0 Å². The lowest BCUT2D eigenvalue weighted by molar-refractivity contribution is -0.122. The zero-order valence-corrected chi connectivity index (χ0v) is 20.7. The van der Waals surface area contributed by atoms with Crippen molar-refractivity contribution in [2.75, 3.05) is 23.0 Å². The summed E-state index contributed by atoms with van der Waals surface area (Å²) in [6, 6.07) is 22.1. The number of hydrogen-bond acceptors (Lipinski definition) is 6. The van der Waals surface area contributed by atoms with Gasteiger partial charge >= 0.3 is 6.09 Å². The van der Waals surface area contributed by atoms with E-state index in [2.05, 4.69) is 20.9 Å². The molecule has 1 atom stereocenters. The van der Waals surface area contributed by atoms with Gasteiger partial charge in [0.15, 0.2) is 0 Å². The van der Waals surface area contributed by atoms with Crippen LogP contribution in [0.5, 0.6) is 0 Å². The predicted octanol–water partition coefficient (Wildman–Crippen LogP) is 5.13. The van der Waals surface area contributed by atoms with E-state index in [1.165, 1.54) is 0 Å². The highest BCUT2D eigenvalue weighted by molar-refractivity contribution is 5.94. The molecule has 188 valence electrons. The fourth-order valence-electron chi connectivity index (χ4n) is 4.42. The number of amides is 2. The molecule has 0 unspecified atom stereocenters. The molecule has 4 aromatic rings. The Morgan fingerprint density at radius 3 is 2.65 bits per heavy atom. The van der Waals surface area contributed by atoms with Gasteiger partial charge in [0.05, 0.1) is 0 Å². The lowest BCUT2D eigenvalue weighted by atomic mass is 9.84. The summed E-state index contributed by atoms with van der Waals surface area (Å²) in [6.45, 7) is 4.52. The molecule has 2 aliphatic heterocycles. The van der Waals surface area contributed by atoms with E-state index in [9.17, 15) is 9.59 Å². The monoisotopic (exact) mass is 495 g/mol. The van der Waals surface area contributed by atoms with Gasteiger partial charge in [-0.2, -0.15) is 0 Å². The Morgan fingerprint density at radius 1 is 1.03 bits per heavy atom. The summed E-state index contributed by atoms with van der Waals surface area (Å²) in [7, 11) is 0. The van der Waals surface area contributed by atoms with E-state index in [1.54, 1.807) is 12.3 Å². The van der Waals surface area contributed by atoms with Gasteiger partial charge in [0.2, 0.25) is 5.91 Å². The smallest absolute Gasteiger partial charge is 0.411 e. The standard InChI is InChI=1S/C29H29N5O3/c1-29(2)17-37-28(36)34-22-5-3-4-18(14-22)16-32-27(35)25(19-6-8-21(29)9-7-19)33-23-10-11-24-20(15-23)12-13-31-26(24)30/h3-15,25,33H,16-17H2,1-2H3,(H2,30,31)(H,32,35)(H,34,36)/t25-/m0/s1. The average molecular weight is 496 g/mol. The second-order valence-corrected chi connectivity index (χ2v) is 9.83. The van der Waals surface area contributed by atoms with Crippen molar-refractivity contribution >= 4 is 40.0 Å². The molecule has 0 radical (unpaired) electrons. The van der Waals surface area contributed by atoms with E-state index in [0.29, 0.717) is 18.1 Å². The number of pyridine rings is 1. The number of benzene rings is 3. The molecule has 0 saturated carbocycles. The third kappa shape index (κ3) is 5.33. The molecule has 0 saturated heterocycles. The number of fused-ring (bicyclic) bond motifs is 10. The molecule has 0 aliphatic carbocycles. The number of anilines is 3. The van der Waals surface area contributed by atoms with Crippen molar-refractivity contribution in [1.82, 2.24) is 10.3 Å². The van der Waals surface area contributed by atoms with Crippen molar-refractivity contribution < 1.29 is 14.3 Å².